The van der Waals surface area contributed by atoms with E-state index in [1.54, 1.807) is 0 Å². The van der Waals surface area contributed by atoms with Crippen molar-refractivity contribution in [3.8, 4) is 11.4 Å². The van der Waals surface area contributed by atoms with E-state index in [0.717, 1.165) is 45.9 Å². The highest BCUT2D eigenvalue weighted by molar-refractivity contribution is 9.10. The van der Waals surface area contributed by atoms with E-state index in [2.05, 4.69) is 45.1 Å². The number of hydrogen-bond acceptors (Lipinski definition) is 3. The number of nitrogens with one attached hydrogen (secondary N) is 1. The van der Waals surface area contributed by atoms with E-state index in [4.69, 9.17) is 0 Å². The first-order valence-corrected chi connectivity index (χ1v) is 7.26. The average molecular weight is 320 g/mol. The molecule has 0 saturated heterocycles. The smallest absolute Gasteiger partial charge is 0.161 e. The summed E-state index contributed by atoms with van der Waals surface area (Å²) in [5, 5.41) is 3.36. The molecular formula is C15H18BrN3. The van der Waals surface area contributed by atoms with E-state index in [0.29, 0.717) is 0 Å². The van der Waals surface area contributed by atoms with Crippen molar-refractivity contribution in [1.82, 2.24) is 9.97 Å². The molecule has 0 aliphatic carbocycles. The van der Waals surface area contributed by atoms with Gasteiger partial charge in [0.25, 0.3) is 0 Å². The van der Waals surface area contributed by atoms with E-state index in [1.165, 1.54) is 0 Å². The summed E-state index contributed by atoms with van der Waals surface area (Å²) in [6.45, 7) is 7.15. The summed E-state index contributed by atoms with van der Waals surface area (Å²) < 4.78 is 1.06. The maximum Gasteiger partial charge on any atom is 0.161 e. The Hall–Kier alpha value is -1.42. The molecule has 0 bridgehead atoms. The molecule has 0 spiro atoms. The number of hydrogen-bond donors (Lipinski definition) is 1. The fourth-order valence-corrected chi connectivity index (χ4v) is 2.04. The number of rotatable bonds is 4. The Morgan fingerprint density at radius 3 is 2.42 bits per heavy atom. The largest absolute Gasteiger partial charge is 0.370 e. The Morgan fingerprint density at radius 1 is 1.11 bits per heavy atom. The van der Waals surface area contributed by atoms with Gasteiger partial charge in [-0.2, -0.15) is 0 Å². The third kappa shape index (κ3) is 3.32. The molecule has 0 radical (unpaired) electrons. The highest BCUT2D eigenvalue weighted by Crippen LogP contribution is 2.23. The van der Waals surface area contributed by atoms with Crippen LogP contribution in [0, 0.1) is 13.8 Å². The summed E-state index contributed by atoms with van der Waals surface area (Å²) in [5.41, 5.74) is 3.17. The Morgan fingerprint density at radius 2 is 1.79 bits per heavy atom. The molecule has 0 atom stereocenters. The fraction of sp³-hybridized carbons (Fsp3) is 0.333. The van der Waals surface area contributed by atoms with Crippen LogP contribution in [0.5, 0.6) is 0 Å². The molecule has 1 heterocycles. The Kier molecular flexibility index (Phi) is 4.53. The van der Waals surface area contributed by atoms with E-state index < -0.39 is 0 Å². The van der Waals surface area contributed by atoms with Gasteiger partial charge in [-0.05, 0) is 32.4 Å². The van der Waals surface area contributed by atoms with Crippen LogP contribution in [0.1, 0.15) is 24.6 Å². The molecule has 1 N–H and O–H groups in total. The number of aromatic nitrogens is 2. The molecular weight excluding hydrogens is 302 g/mol. The van der Waals surface area contributed by atoms with E-state index in [-0.39, 0.29) is 0 Å². The van der Waals surface area contributed by atoms with Crippen molar-refractivity contribution in [3.05, 3.63) is 40.0 Å². The van der Waals surface area contributed by atoms with Crippen LogP contribution in [-0.2, 0) is 0 Å². The van der Waals surface area contributed by atoms with Gasteiger partial charge in [0, 0.05) is 27.8 Å². The maximum atomic E-state index is 4.63. The molecule has 100 valence electrons. The summed E-state index contributed by atoms with van der Waals surface area (Å²) >= 11 is 3.44. The van der Waals surface area contributed by atoms with Crippen LogP contribution in [0.15, 0.2) is 28.7 Å². The maximum absolute atomic E-state index is 4.63. The summed E-state index contributed by atoms with van der Waals surface area (Å²) in [6.07, 6.45) is 1.08. The molecule has 1 aromatic carbocycles. The number of anilines is 1. The third-order valence-electron chi connectivity index (χ3n) is 3.03. The zero-order valence-corrected chi connectivity index (χ0v) is 13.1. The number of aryl methyl sites for hydroxylation is 1. The van der Waals surface area contributed by atoms with Crippen molar-refractivity contribution in [2.75, 3.05) is 11.9 Å². The zero-order valence-electron chi connectivity index (χ0n) is 11.5. The molecule has 0 aliphatic rings. The third-order valence-corrected chi connectivity index (χ3v) is 3.56. The van der Waals surface area contributed by atoms with Crippen molar-refractivity contribution >= 4 is 21.7 Å². The van der Waals surface area contributed by atoms with Crippen molar-refractivity contribution < 1.29 is 0 Å². The first-order valence-electron chi connectivity index (χ1n) is 6.47. The second-order valence-electron chi connectivity index (χ2n) is 4.54. The van der Waals surface area contributed by atoms with E-state index in [9.17, 15) is 0 Å². The van der Waals surface area contributed by atoms with Crippen LogP contribution in [-0.4, -0.2) is 16.5 Å². The van der Waals surface area contributed by atoms with Crippen LogP contribution in [0.4, 0.5) is 5.82 Å². The highest BCUT2D eigenvalue weighted by atomic mass is 79.9. The van der Waals surface area contributed by atoms with Crippen molar-refractivity contribution in [2.45, 2.75) is 27.2 Å². The molecule has 2 rings (SSSR count). The van der Waals surface area contributed by atoms with Gasteiger partial charge >= 0.3 is 0 Å². The van der Waals surface area contributed by atoms with Gasteiger partial charge in [-0.3, -0.25) is 0 Å². The second kappa shape index (κ2) is 6.15. The summed E-state index contributed by atoms with van der Waals surface area (Å²) in [7, 11) is 0. The van der Waals surface area contributed by atoms with Gasteiger partial charge in [0.05, 0.1) is 0 Å². The molecule has 0 unspecified atom stereocenters. The van der Waals surface area contributed by atoms with Gasteiger partial charge < -0.3 is 5.32 Å². The van der Waals surface area contributed by atoms with Gasteiger partial charge in [0.2, 0.25) is 0 Å². The highest BCUT2D eigenvalue weighted by Gasteiger charge is 2.09. The summed E-state index contributed by atoms with van der Waals surface area (Å²) in [6, 6.07) is 8.07. The molecule has 2 aromatic rings. The lowest BCUT2D eigenvalue weighted by Gasteiger charge is -2.11. The molecule has 0 saturated carbocycles. The topological polar surface area (TPSA) is 37.8 Å². The molecule has 0 fully saturated rings. The lowest BCUT2D eigenvalue weighted by atomic mass is 10.2. The normalized spacial score (nSPS) is 10.5. The van der Waals surface area contributed by atoms with Crippen LogP contribution >= 0.6 is 15.9 Å². The standard InChI is InChI=1S/C15H18BrN3/c1-4-9-17-14-10(2)11(3)18-15(19-14)12-5-7-13(16)8-6-12/h5-8H,4,9H2,1-3H3,(H,17,18,19). The fourth-order valence-electron chi connectivity index (χ4n) is 1.77. The Balaban J connectivity index is 2.40. The number of nitrogens with zero attached hydrogens (tertiary/aromatic N) is 2. The van der Waals surface area contributed by atoms with Gasteiger partial charge in [-0.15, -0.1) is 0 Å². The predicted octanol–water partition coefficient (Wildman–Crippen LogP) is 4.34. The monoisotopic (exact) mass is 319 g/mol. The van der Waals surface area contributed by atoms with Gasteiger partial charge in [0.15, 0.2) is 5.82 Å². The van der Waals surface area contributed by atoms with Crippen LogP contribution < -0.4 is 5.32 Å². The van der Waals surface area contributed by atoms with Crippen LogP contribution in [0.3, 0.4) is 0 Å². The molecule has 0 aliphatic heterocycles. The first kappa shape index (κ1) is 14.0. The minimum absolute atomic E-state index is 0.772. The van der Waals surface area contributed by atoms with E-state index in [1.807, 2.05) is 31.2 Å². The molecule has 1 aromatic heterocycles. The SMILES string of the molecule is CCCNc1nc(-c2ccc(Br)cc2)nc(C)c1C. The Bertz CT molecular complexity index is 564. The lowest BCUT2D eigenvalue weighted by Crippen LogP contribution is -2.07. The molecule has 19 heavy (non-hydrogen) atoms. The first-order chi connectivity index (χ1) is 9.11. The predicted molar refractivity (Wildman–Crippen MR) is 83.4 cm³/mol. The molecule has 4 heteroatoms. The minimum Gasteiger partial charge on any atom is -0.370 e. The van der Waals surface area contributed by atoms with Crippen LogP contribution in [0.25, 0.3) is 11.4 Å². The zero-order chi connectivity index (χ0) is 13.8. The van der Waals surface area contributed by atoms with Gasteiger partial charge in [-0.1, -0.05) is 35.0 Å². The van der Waals surface area contributed by atoms with Crippen molar-refractivity contribution in [3.63, 3.8) is 0 Å². The van der Waals surface area contributed by atoms with Crippen molar-refractivity contribution in [2.24, 2.45) is 0 Å². The number of halogens is 1. The molecule has 3 nitrogen and oxygen atoms in total. The number of benzene rings is 1. The summed E-state index contributed by atoms with van der Waals surface area (Å²) in [4.78, 5) is 9.21. The average Bonchev–Trinajstić information content (AvgIpc) is 2.41. The minimum atomic E-state index is 0.772. The molecule has 0 amide bonds. The second-order valence-corrected chi connectivity index (χ2v) is 5.46. The van der Waals surface area contributed by atoms with Crippen molar-refractivity contribution in [1.29, 1.82) is 0 Å². The van der Waals surface area contributed by atoms with Crippen LogP contribution in [0.2, 0.25) is 0 Å². The van der Waals surface area contributed by atoms with E-state index >= 15 is 0 Å². The van der Waals surface area contributed by atoms with Gasteiger partial charge in [0.1, 0.15) is 5.82 Å². The Labute approximate surface area is 122 Å². The lowest BCUT2D eigenvalue weighted by molar-refractivity contribution is 0.955. The summed E-state index contributed by atoms with van der Waals surface area (Å²) in [5.74, 6) is 1.71. The quantitative estimate of drug-likeness (QED) is 0.910. The van der Waals surface area contributed by atoms with Gasteiger partial charge in [-0.25, -0.2) is 9.97 Å².